The predicted octanol–water partition coefficient (Wildman–Crippen LogP) is 3.46. The van der Waals surface area contributed by atoms with Gasteiger partial charge in [0, 0.05) is 34.7 Å². The third kappa shape index (κ3) is 1.83. The highest BCUT2D eigenvalue weighted by Gasteiger charge is 2.16. The van der Waals surface area contributed by atoms with Gasteiger partial charge in [0.25, 0.3) is 0 Å². The van der Waals surface area contributed by atoms with Crippen molar-refractivity contribution in [1.29, 1.82) is 0 Å². The van der Waals surface area contributed by atoms with E-state index in [4.69, 9.17) is 11.6 Å². The minimum atomic E-state index is 0.726. The molecular weight excluding hydrogens is 220 g/mol. The van der Waals surface area contributed by atoms with Gasteiger partial charge in [-0.25, -0.2) is 0 Å². The second-order valence-corrected chi connectivity index (χ2v) is 4.95. The van der Waals surface area contributed by atoms with Crippen LogP contribution in [0.3, 0.4) is 0 Å². The number of aromatic amines is 1. The molecule has 0 spiro atoms. The summed E-state index contributed by atoms with van der Waals surface area (Å²) in [5, 5.41) is 5.61. The number of halogens is 1. The van der Waals surface area contributed by atoms with Crippen molar-refractivity contribution in [1.82, 2.24) is 10.3 Å². The summed E-state index contributed by atoms with van der Waals surface area (Å²) in [4.78, 5) is 3.28. The fraction of sp³-hybridized carbons (Fsp3) is 0.385. The molecular formula is C13H15ClN2. The Bertz CT molecular complexity index is 500. The lowest BCUT2D eigenvalue weighted by atomic mass is 9.93. The van der Waals surface area contributed by atoms with E-state index >= 15 is 0 Å². The minimum Gasteiger partial charge on any atom is -0.361 e. The zero-order valence-corrected chi connectivity index (χ0v) is 9.85. The van der Waals surface area contributed by atoms with E-state index in [9.17, 15) is 0 Å². The highest BCUT2D eigenvalue weighted by Crippen LogP contribution is 2.23. The van der Waals surface area contributed by atoms with Gasteiger partial charge >= 0.3 is 0 Å². The molecule has 1 fully saturated rings. The van der Waals surface area contributed by atoms with E-state index in [0.29, 0.717) is 0 Å². The molecule has 3 heteroatoms. The molecule has 0 amide bonds. The molecule has 2 N–H and O–H groups in total. The van der Waals surface area contributed by atoms with Gasteiger partial charge in [0.2, 0.25) is 0 Å². The quantitative estimate of drug-likeness (QED) is 0.837. The second kappa shape index (κ2) is 4.11. The molecule has 3 rings (SSSR count). The molecule has 0 unspecified atom stereocenters. The van der Waals surface area contributed by atoms with Crippen molar-refractivity contribution in [2.45, 2.75) is 31.8 Å². The zero-order valence-electron chi connectivity index (χ0n) is 9.09. The van der Waals surface area contributed by atoms with Crippen molar-refractivity contribution in [2.75, 3.05) is 0 Å². The van der Waals surface area contributed by atoms with Crippen molar-refractivity contribution < 1.29 is 0 Å². The fourth-order valence-corrected chi connectivity index (χ4v) is 2.34. The van der Waals surface area contributed by atoms with Gasteiger partial charge in [0.1, 0.15) is 0 Å². The summed E-state index contributed by atoms with van der Waals surface area (Å²) in [7, 11) is 0. The van der Waals surface area contributed by atoms with Crippen LogP contribution < -0.4 is 5.32 Å². The highest BCUT2D eigenvalue weighted by atomic mass is 35.5. The molecule has 0 atom stereocenters. The highest BCUT2D eigenvalue weighted by molar-refractivity contribution is 6.31. The van der Waals surface area contributed by atoms with Crippen molar-refractivity contribution >= 4 is 22.5 Å². The summed E-state index contributed by atoms with van der Waals surface area (Å²) < 4.78 is 0. The number of rotatable bonds is 3. The molecule has 2 nitrogen and oxygen atoms in total. The number of hydrogen-bond acceptors (Lipinski definition) is 1. The topological polar surface area (TPSA) is 27.8 Å². The molecule has 84 valence electrons. The second-order valence-electron chi connectivity index (χ2n) is 4.51. The Kier molecular flexibility index (Phi) is 2.62. The van der Waals surface area contributed by atoms with E-state index in [1.165, 1.54) is 30.2 Å². The number of nitrogens with one attached hydrogen (secondary N) is 2. The first-order chi connectivity index (χ1) is 7.83. The molecule has 0 aliphatic heterocycles. The Balaban J connectivity index is 1.82. The number of benzene rings is 1. The maximum atomic E-state index is 6.01. The molecule has 1 saturated carbocycles. The summed E-state index contributed by atoms with van der Waals surface area (Å²) in [6.07, 6.45) is 6.09. The maximum Gasteiger partial charge on any atom is 0.0458 e. The van der Waals surface area contributed by atoms with Crippen molar-refractivity contribution in [2.24, 2.45) is 0 Å². The summed E-state index contributed by atoms with van der Waals surface area (Å²) in [5.41, 5.74) is 2.47. The van der Waals surface area contributed by atoms with Crippen LogP contribution in [0.15, 0.2) is 24.4 Å². The van der Waals surface area contributed by atoms with E-state index in [2.05, 4.69) is 16.5 Å². The standard InChI is InChI=1S/C13H15ClN2/c14-10-4-5-13-12(6-10)9(8-16-13)7-15-11-2-1-3-11/h4-6,8,11,15-16H,1-3,7H2. The Hall–Kier alpha value is -0.990. The third-order valence-corrected chi connectivity index (χ3v) is 3.65. The molecule has 1 aromatic carbocycles. The van der Waals surface area contributed by atoms with Crippen LogP contribution in [0, 0.1) is 0 Å². The van der Waals surface area contributed by atoms with E-state index in [1.807, 2.05) is 18.2 Å². The molecule has 0 saturated heterocycles. The van der Waals surface area contributed by atoms with Crippen molar-refractivity contribution in [3.8, 4) is 0 Å². The van der Waals surface area contributed by atoms with Gasteiger partial charge in [0.05, 0.1) is 0 Å². The maximum absolute atomic E-state index is 6.01. The Morgan fingerprint density at radius 3 is 3.00 bits per heavy atom. The minimum absolute atomic E-state index is 0.726. The lowest BCUT2D eigenvalue weighted by Gasteiger charge is -2.26. The summed E-state index contributed by atoms with van der Waals surface area (Å²) in [6.45, 7) is 0.936. The lowest BCUT2D eigenvalue weighted by Crippen LogP contribution is -2.34. The first kappa shape index (κ1) is 10.2. The normalized spacial score (nSPS) is 16.6. The van der Waals surface area contributed by atoms with Crippen LogP contribution in [-0.2, 0) is 6.54 Å². The number of fused-ring (bicyclic) bond motifs is 1. The smallest absolute Gasteiger partial charge is 0.0458 e. The Labute approximate surface area is 100.0 Å². The zero-order chi connectivity index (χ0) is 11.0. The molecule has 16 heavy (non-hydrogen) atoms. The van der Waals surface area contributed by atoms with Crippen LogP contribution in [0.2, 0.25) is 5.02 Å². The third-order valence-electron chi connectivity index (χ3n) is 3.42. The van der Waals surface area contributed by atoms with E-state index in [0.717, 1.165) is 23.1 Å². The van der Waals surface area contributed by atoms with Crippen LogP contribution in [0.5, 0.6) is 0 Å². The van der Waals surface area contributed by atoms with Gasteiger partial charge in [-0.05, 0) is 36.6 Å². The van der Waals surface area contributed by atoms with Crippen LogP contribution in [0.25, 0.3) is 10.9 Å². The van der Waals surface area contributed by atoms with E-state index in [1.54, 1.807) is 0 Å². The molecule has 0 bridgehead atoms. The summed E-state index contributed by atoms with van der Waals surface area (Å²) in [5.74, 6) is 0. The van der Waals surface area contributed by atoms with Crippen LogP contribution >= 0.6 is 11.6 Å². The number of H-pyrrole nitrogens is 1. The monoisotopic (exact) mass is 234 g/mol. The van der Waals surface area contributed by atoms with Crippen LogP contribution in [0.4, 0.5) is 0 Å². The summed E-state index contributed by atoms with van der Waals surface area (Å²) in [6, 6.07) is 6.71. The Morgan fingerprint density at radius 2 is 2.25 bits per heavy atom. The van der Waals surface area contributed by atoms with E-state index < -0.39 is 0 Å². The first-order valence-corrected chi connectivity index (χ1v) is 6.19. The average molecular weight is 235 g/mol. The van der Waals surface area contributed by atoms with Gasteiger partial charge in [-0.3, -0.25) is 0 Å². The molecule has 1 aliphatic carbocycles. The average Bonchev–Trinajstić information content (AvgIpc) is 2.59. The Morgan fingerprint density at radius 1 is 1.38 bits per heavy atom. The van der Waals surface area contributed by atoms with Crippen LogP contribution in [-0.4, -0.2) is 11.0 Å². The molecule has 1 aromatic heterocycles. The van der Waals surface area contributed by atoms with Gasteiger partial charge in [-0.15, -0.1) is 0 Å². The predicted molar refractivity (Wildman–Crippen MR) is 67.8 cm³/mol. The molecule has 2 aromatic rings. The van der Waals surface area contributed by atoms with Gasteiger partial charge in [-0.1, -0.05) is 18.0 Å². The van der Waals surface area contributed by atoms with Crippen molar-refractivity contribution in [3.63, 3.8) is 0 Å². The van der Waals surface area contributed by atoms with Gasteiger partial charge < -0.3 is 10.3 Å². The van der Waals surface area contributed by atoms with Crippen molar-refractivity contribution in [3.05, 3.63) is 35.0 Å². The molecule has 0 radical (unpaired) electrons. The largest absolute Gasteiger partial charge is 0.361 e. The lowest BCUT2D eigenvalue weighted by molar-refractivity contribution is 0.338. The van der Waals surface area contributed by atoms with Crippen LogP contribution in [0.1, 0.15) is 24.8 Å². The molecule has 1 aliphatic rings. The van der Waals surface area contributed by atoms with E-state index in [-0.39, 0.29) is 0 Å². The fourth-order valence-electron chi connectivity index (χ4n) is 2.16. The van der Waals surface area contributed by atoms with Gasteiger partial charge in [-0.2, -0.15) is 0 Å². The first-order valence-electron chi connectivity index (χ1n) is 5.82. The van der Waals surface area contributed by atoms with Gasteiger partial charge in [0.15, 0.2) is 0 Å². The number of aromatic nitrogens is 1. The summed E-state index contributed by atoms with van der Waals surface area (Å²) >= 11 is 6.01. The SMILES string of the molecule is Clc1ccc2[nH]cc(CNC3CCC3)c2c1. The number of hydrogen-bond donors (Lipinski definition) is 2. The molecule has 1 heterocycles.